The van der Waals surface area contributed by atoms with Crippen molar-refractivity contribution in [2.24, 2.45) is 0 Å². The minimum atomic E-state index is -1.49. The number of nitrogens with zero attached hydrogens (tertiary/aromatic N) is 2. The Morgan fingerprint density at radius 3 is 2.62 bits per heavy atom. The van der Waals surface area contributed by atoms with E-state index in [1.54, 1.807) is 29.8 Å². The molecular weight excluding hydrogens is 396 g/mol. The summed E-state index contributed by atoms with van der Waals surface area (Å²) in [6.07, 6.45) is -3.94. The molecule has 0 radical (unpaired) electrons. The van der Waals surface area contributed by atoms with Gasteiger partial charge in [-0.25, -0.2) is 4.98 Å². The van der Waals surface area contributed by atoms with E-state index in [0.717, 1.165) is 17.5 Å². The molecule has 9 heteroatoms. The van der Waals surface area contributed by atoms with Gasteiger partial charge in [0.2, 0.25) is 6.29 Å². The topological polar surface area (TPSA) is 117 Å². The lowest BCUT2D eigenvalue weighted by atomic mass is 9.99. The quantitative estimate of drug-likeness (QED) is 0.468. The van der Waals surface area contributed by atoms with Gasteiger partial charge in [-0.3, -0.25) is 0 Å². The lowest BCUT2D eigenvalue weighted by molar-refractivity contribution is -0.277. The SMILES string of the molecule is CCc1ccc(Cn2cnc3cccc(OC4OC(CO)C(O)C(O)C4O)c32)s1. The second-order valence-corrected chi connectivity index (χ2v) is 8.29. The first kappa shape index (κ1) is 20.3. The minimum Gasteiger partial charge on any atom is -0.460 e. The van der Waals surface area contributed by atoms with E-state index in [4.69, 9.17) is 9.47 Å². The zero-order chi connectivity index (χ0) is 20.5. The molecule has 5 unspecified atom stereocenters. The molecule has 5 atom stereocenters. The fraction of sp³-hybridized carbons (Fsp3) is 0.450. The maximum Gasteiger partial charge on any atom is 0.229 e. The summed E-state index contributed by atoms with van der Waals surface area (Å²) >= 11 is 1.74. The number of hydrogen-bond donors (Lipinski definition) is 4. The number of thiophene rings is 1. The van der Waals surface area contributed by atoms with E-state index in [2.05, 4.69) is 24.0 Å². The van der Waals surface area contributed by atoms with Crippen LogP contribution in [0.3, 0.4) is 0 Å². The summed E-state index contributed by atoms with van der Waals surface area (Å²) in [7, 11) is 0. The molecule has 1 fully saturated rings. The molecule has 2 aromatic heterocycles. The van der Waals surface area contributed by atoms with Crippen LogP contribution >= 0.6 is 11.3 Å². The van der Waals surface area contributed by atoms with Crippen LogP contribution in [0.5, 0.6) is 5.75 Å². The molecule has 3 aromatic rings. The van der Waals surface area contributed by atoms with E-state index in [-0.39, 0.29) is 0 Å². The monoisotopic (exact) mass is 420 g/mol. The van der Waals surface area contributed by atoms with Gasteiger partial charge in [-0.05, 0) is 30.7 Å². The van der Waals surface area contributed by atoms with Crippen LogP contribution in [0.2, 0.25) is 0 Å². The fourth-order valence-corrected chi connectivity index (χ4v) is 4.42. The van der Waals surface area contributed by atoms with Gasteiger partial charge >= 0.3 is 0 Å². The van der Waals surface area contributed by atoms with Crippen LogP contribution < -0.4 is 4.74 Å². The molecule has 4 rings (SSSR count). The lowest BCUT2D eigenvalue weighted by Gasteiger charge is -2.39. The number of aliphatic hydroxyl groups excluding tert-OH is 4. The number of ether oxygens (including phenoxy) is 2. The first-order valence-corrected chi connectivity index (χ1v) is 10.3. The van der Waals surface area contributed by atoms with Crippen LogP contribution in [-0.4, -0.2) is 67.3 Å². The standard InChI is InChI=1S/C20H24N2O6S/c1-2-11-6-7-12(29-11)8-22-10-21-13-4-3-5-14(16(13)22)27-20-19(26)18(25)17(24)15(9-23)28-20/h3-7,10,15,17-20,23-26H,2,8-9H2,1H3. The van der Waals surface area contributed by atoms with Crippen LogP contribution in [0.15, 0.2) is 36.7 Å². The van der Waals surface area contributed by atoms with E-state index in [0.29, 0.717) is 12.3 Å². The second kappa shape index (κ2) is 8.39. The van der Waals surface area contributed by atoms with Gasteiger partial charge in [0.05, 0.1) is 25.0 Å². The first-order chi connectivity index (χ1) is 14.0. The van der Waals surface area contributed by atoms with Crippen molar-refractivity contribution in [3.8, 4) is 5.75 Å². The molecule has 8 nitrogen and oxygen atoms in total. The Hall–Kier alpha value is -2.01. The molecule has 1 aliphatic rings. The number of hydrogen-bond acceptors (Lipinski definition) is 8. The highest BCUT2D eigenvalue weighted by Crippen LogP contribution is 2.30. The van der Waals surface area contributed by atoms with Crippen molar-refractivity contribution in [2.45, 2.75) is 50.6 Å². The van der Waals surface area contributed by atoms with Crippen molar-refractivity contribution in [1.82, 2.24) is 9.55 Å². The van der Waals surface area contributed by atoms with Gasteiger partial charge in [0.1, 0.15) is 35.7 Å². The molecule has 0 spiro atoms. The van der Waals surface area contributed by atoms with Gasteiger partial charge in [0.25, 0.3) is 0 Å². The Kier molecular flexibility index (Phi) is 5.86. The largest absolute Gasteiger partial charge is 0.460 e. The predicted octanol–water partition coefficient (Wildman–Crippen LogP) is 0.887. The van der Waals surface area contributed by atoms with Gasteiger partial charge in [-0.15, -0.1) is 11.3 Å². The van der Waals surface area contributed by atoms with Crippen molar-refractivity contribution in [2.75, 3.05) is 6.61 Å². The van der Waals surface area contributed by atoms with Crippen molar-refractivity contribution in [3.05, 3.63) is 46.4 Å². The van der Waals surface area contributed by atoms with Crippen LogP contribution in [-0.2, 0) is 17.7 Å². The molecular formula is C20H24N2O6S. The van der Waals surface area contributed by atoms with Crippen molar-refractivity contribution < 1.29 is 29.9 Å². The fourth-order valence-electron chi connectivity index (χ4n) is 3.46. The number of benzene rings is 1. The summed E-state index contributed by atoms with van der Waals surface area (Å²) in [4.78, 5) is 6.92. The van der Waals surface area contributed by atoms with Gasteiger partial charge in [-0.1, -0.05) is 13.0 Å². The number of aryl methyl sites for hydroxylation is 1. The summed E-state index contributed by atoms with van der Waals surface area (Å²) in [5, 5.41) is 39.6. The highest BCUT2D eigenvalue weighted by molar-refractivity contribution is 7.11. The summed E-state index contributed by atoms with van der Waals surface area (Å²) in [5.41, 5.74) is 1.45. The van der Waals surface area contributed by atoms with Gasteiger partial charge < -0.3 is 34.5 Å². The Balaban J connectivity index is 1.63. The van der Waals surface area contributed by atoms with Crippen LogP contribution in [0.4, 0.5) is 0 Å². The average Bonchev–Trinajstić information content (AvgIpc) is 3.36. The van der Waals surface area contributed by atoms with Crippen molar-refractivity contribution >= 4 is 22.4 Å². The highest BCUT2D eigenvalue weighted by atomic mass is 32.1. The maximum absolute atomic E-state index is 10.3. The minimum absolute atomic E-state index is 0.427. The molecule has 0 saturated carbocycles. The summed E-state index contributed by atoms with van der Waals surface area (Å²) < 4.78 is 13.3. The van der Waals surface area contributed by atoms with Crippen LogP contribution in [0.25, 0.3) is 11.0 Å². The molecule has 0 aliphatic carbocycles. The second-order valence-electron chi connectivity index (χ2n) is 7.03. The molecule has 156 valence electrons. The number of aliphatic hydroxyl groups is 4. The number of para-hydroxylation sites is 1. The third-order valence-electron chi connectivity index (χ3n) is 5.08. The maximum atomic E-state index is 10.3. The molecule has 1 aliphatic heterocycles. The average molecular weight is 420 g/mol. The number of imidazole rings is 1. The number of rotatable bonds is 6. The third-order valence-corrected chi connectivity index (χ3v) is 6.30. The van der Waals surface area contributed by atoms with Gasteiger partial charge in [0, 0.05) is 9.75 Å². The molecule has 1 saturated heterocycles. The first-order valence-electron chi connectivity index (χ1n) is 9.50. The van der Waals surface area contributed by atoms with Crippen LogP contribution in [0, 0.1) is 0 Å². The third kappa shape index (κ3) is 3.89. The Morgan fingerprint density at radius 1 is 1.10 bits per heavy atom. The van der Waals surface area contributed by atoms with E-state index < -0.39 is 37.3 Å². The van der Waals surface area contributed by atoms with Crippen molar-refractivity contribution in [3.63, 3.8) is 0 Å². The number of aromatic nitrogens is 2. The molecule has 0 amide bonds. The molecule has 0 bridgehead atoms. The molecule has 3 heterocycles. The van der Waals surface area contributed by atoms with Crippen molar-refractivity contribution in [1.29, 1.82) is 0 Å². The molecule has 29 heavy (non-hydrogen) atoms. The van der Waals surface area contributed by atoms with E-state index in [1.807, 2.05) is 10.6 Å². The predicted molar refractivity (Wildman–Crippen MR) is 107 cm³/mol. The summed E-state index contributed by atoms with van der Waals surface area (Å²) in [6.45, 7) is 2.23. The summed E-state index contributed by atoms with van der Waals surface area (Å²) in [5.74, 6) is 0.427. The normalized spacial score (nSPS) is 27.4. The van der Waals surface area contributed by atoms with E-state index in [1.165, 1.54) is 9.75 Å². The highest BCUT2D eigenvalue weighted by Gasteiger charge is 2.44. The lowest BCUT2D eigenvalue weighted by Crippen LogP contribution is -2.60. The molecule has 1 aromatic carbocycles. The van der Waals surface area contributed by atoms with E-state index in [9.17, 15) is 20.4 Å². The zero-order valence-corrected chi connectivity index (χ0v) is 16.7. The summed E-state index contributed by atoms with van der Waals surface area (Å²) in [6, 6.07) is 9.58. The number of fused-ring (bicyclic) bond motifs is 1. The smallest absolute Gasteiger partial charge is 0.229 e. The van der Waals surface area contributed by atoms with Gasteiger partial charge in [0.15, 0.2) is 0 Å². The van der Waals surface area contributed by atoms with E-state index >= 15 is 0 Å². The van der Waals surface area contributed by atoms with Gasteiger partial charge in [-0.2, -0.15) is 0 Å². The zero-order valence-electron chi connectivity index (χ0n) is 15.9. The van der Waals surface area contributed by atoms with Crippen LogP contribution in [0.1, 0.15) is 16.7 Å². The Labute approximate surface area is 171 Å². The Morgan fingerprint density at radius 2 is 1.90 bits per heavy atom. The Bertz CT molecular complexity index is 971. The molecule has 4 N–H and O–H groups in total.